The van der Waals surface area contributed by atoms with Crippen molar-refractivity contribution in [1.82, 2.24) is 4.90 Å². The number of nitrogens with two attached hydrogens (primary N) is 1. The number of hydrogen-bond donors (Lipinski definition) is 2. The van der Waals surface area contributed by atoms with Gasteiger partial charge >= 0.3 is 0 Å². The maximum Gasteiger partial charge on any atom is 0.0564 e. The van der Waals surface area contributed by atoms with Gasteiger partial charge in [0.05, 0.1) is 6.10 Å². The Morgan fingerprint density at radius 1 is 1.44 bits per heavy atom. The zero-order valence-corrected chi connectivity index (χ0v) is 5.58. The number of aliphatic hydroxyl groups excluding tert-OH is 1. The molecule has 0 spiro atoms. The molecule has 0 radical (unpaired) electrons. The average molecular weight is 130 g/mol. The lowest BCUT2D eigenvalue weighted by atomic mass is 10.1. The summed E-state index contributed by atoms with van der Waals surface area (Å²) < 4.78 is 0. The van der Waals surface area contributed by atoms with Gasteiger partial charge in [-0.1, -0.05) is 0 Å². The first kappa shape index (κ1) is 6.99. The van der Waals surface area contributed by atoms with Crippen molar-refractivity contribution >= 4 is 0 Å². The second kappa shape index (κ2) is 3.15. The fraction of sp³-hybridized carbons (Fsp3) is 1.00. The molecule has 3 heteroatoms. The van der Waals surface area contributed by atoms with Crippen molar-refractivity contribution in [3.05, 3.63) is 0 Å². The van der Waals surface area contributed by atoms with E-state index in [1.807, 2.05) is 0 Å². The van der Waals surface area contributed by atoms with E-state index in [2.05, 4.69) is 4.90 Å². The molecule has 3 N–H and O–H groups in total. The van der Waals surface area contributed by atoms with Crippen molar-refractivity contribution in [2.24, 2.45) is 5.73 Å². The van der Waals surface area contributed by atoms with Crippen LogP contribution < -0.4 is 5.73 Å². The molecule has 0 bridgehead atoms. The Labute approximate surface area is 55.5 Å². The molecule has 0 saturated carbocycles. The second-order valence-electron chi connectivity index (χ2n) is 2.53. The molecular weight excluding hydrogens is 116 g/mol. The highest BCUT2D eigenvalue weighted by molar-refractivity contribution is 4.68. The van der Waals surface area contributed by atoms with E-state index in [0.29, 0.717) is 6.67 Å². The lowest BCUT2D eigenvalue weighted by molar-refractivity contribution is 0.0839. The third kappa shape index (κ3) is 1.93. The van der Waals surface area contributed by atoms with Crippen LogP contribution in [0.25, 0.3) is 0 Å². The molecular formula is C6H14N2O. The number of aliphatic hydroxyl groups is 1. The Morgan fingerprint density at radius 2 is 2.00 bits per heavy atom. The Hall–Kier alpha value is -0.120. The predicted octanol–water partition coefficient (Wildman–Crippen LogP) is -0.641. The number of piperidine rings is 1. The van der Waals surface area contributed by atoms with E-state index in [9.17, 15) is 0 Å². The molecule has 1 aliphatic rings. The third-order valence-corrected chi connectivity index (χ3v) is 1.82. The molecule has 0 amide bonds. The van der Waals surface area contributed by atoms with Gasteiger partial charge in [0, 0.05) is 19.8 Å². The minimum atomic E-state index is -0.0761. The number of likely N-dealkylation sites (tertiary alicyclic amines) is 1. The summed E-state index contributed by atoms with van der Waals surface area (Å²) in [6, 6.07) is 0. The van der Waals surface area contributed by atoms with E-state index < -0.39 is 0 Å². The van der Waals surface area contributed by atoms with Crippen LogP contribution in [-0.2, 0) is 0 Å². The summed E-state index contributed by atoms with van der Waals surface area (Å²) in [6.45, 7) is 2.54. The van der Waals surface area contributed by atoms with Crippen molar-refractivity contribution in [3.8, 4) is 0 Å². The van der Waals surface area contributed by atoms with E-state index in [1.54, 1.807) is 0 Å². The number of rotatable bonds is 1. The van der Waals surface area contributed by atoms with E-state index in [1.165, 1.54) is 0 Å². The van der Waals surface area contributed by atoms with Gasteiger partial charge in [-0.05, 0) is 12.8 Å². The van der Waals surface area contributed by atoms with Gasteiger partial charge in [0.2, 0.25) is 0 Å². The summed E-state index contributed by atoms with van der Waals surface area (Å²) in [6.07, 6.45) is 1.70. The molecule has 0 aromatic heterocycles. The van der Waals surface area contributed by atoms with E-state index >= 15 is 0 Å². The first-order chi connectivity index (χ1) is 4.33. The molecule has 54 valence electrons. The van der Waals surface area contributed by atoms with Crippen molar-refractivity contribution in [2.45, 2.75) is 18.9 Å². The van der Waals surface area contributed by atoms with Gasteiger partial charge in [-0.3, -0.25) is 4.90 Å². The van der Waals surface area contributed by atoms with E-state index in [4.69, 9.17) is 10.8 Å². The van der Waals surface area contributed by atoms with E-state index in [0.717, 1.165) is 25.9 Å². The topological polar surface area (TPSA) is 49.5 Å². The maximum atomic E-state index is 9.05. The summed E-state index contributed by atoms with van der Waals surface area (Å²) in [5, 5.41) is 9.05. The van der Waals surface area contributed by atoms with Crippen LogP contribution in [-0.4, -0.2) is 35.9 Å². The van der Waals surface area contributed by atoms with Gasteiger partial charge in [-0.25, -0.2) is 0 Å². The quantitative estimate of drug-likeness (QED) is 0.496. The first-order valence-corrected chi connectivity index (χ1v) is 3.43. The second-order valence-corrected chi connectivity index (χ2v) is 2.53. The molecule has 1 aliphatic heterocycles. The van der Waals surface area contributed by atoms with Crippen molar-refractivity contribution in [3.63, 3.8) is 0 Å². The minimum absolute atomic E-state index is 0.0761. The molecule has 0 aliphatic carbocycles. The normalized spacial score (nSPS) is 24.7. The van der Waals surface area contributed by atoms with Crippen molar-refractivity contribution in [2.75, 3.05) is 19.8 Å². The van der Waals surface area contributed by atoms with Crippen LogP contribution in [0.4, 0.5) is 0 Å². The number of hydrogen-bond acceptors (Lipinski definition) is 3. The van der Waals surface area contributed by atoms with Crippen LogP contribution in [0.3, 0.4) is 0 Å². The lowest BCUT2D eigenvalue weighted by Gasteiger charge is -2.27. The molecule has 1 saturated heterocycles. The van der Waals surface area contributed by atoms with Crippen molar-refractivity contribution < 1.29 is 5.11 Å². The molecule has 1 heterocycles. The van der Waals surface area contributed by atoms with Crippen molar-refractivity contribution in [1.29, 1.82) is 0 Å². The largest absolute Gasteiger partial charge is 0.393 e. The van der Waals surface area contributed by atoms with Crippen LogP contribution in [0.1, 0.15) is 12.8 Å². The highest BCUT2D eigenvalue weighted by Crippen LogP contribution is 2.07. The summed E-state index contributed by atoms with van der Waals surface area (Å²) in [7, 11) is 0. The van der Waals surface area contributed by atoms with Gasteiger partial charge in [-0.15, -0.1) is 0 Å². The van der Waals surface area contributed by atoms with Gasteiger partial charge in [0.1, 0.15) is 0 Å². The summed E-state index contributed by atoms with van der Waals surface area (Å²) in [5.74, 6) is 0. The summed E-state index contributed by atoms with van der Waals surface area (Å²) in [4.78, 5) is 2.15. The first-order valence-electron chi connectivity index (χ1n) is 3.43. The summed E-state index contributed by atoms with van der Waals surface area (Å²) in [5.41, 5.74) is 5.39. The Morgan fingerprint density at radius 3 is 2.44 bits per heavy atom. The monoisotopic (exact) mass is 130 g/mol. The minimum Gasteiger partial charge on any atom is -0.393 e. The molecule has 0 unspecified atom stereocenters. The zero-order valence-electron chi connectivity index (χ0n) is 5.58. The van der Waals surface area contributed by atoms with Gasteiger partial charge < -0.3 is 10.8 Å². The highest BCUT2D eigenvalue weighted by atomic mass is 16.3. The molecule has 0 aromatic carbocycles. The van der Waals surface area contributed by atoms with Crippen LogP contribution in [0.2, 0.25) is 0 Å². The van der Waals surface area contributed by atoms with Crippen LogP contribution in [0.5, 0.6) is 0 Å². The molecule has 1 fully saturated rings. The molecule has 9 heavy (non-hydrogen) atoms. The lowest BCUT2D eigenvalue weighted by Crippen LogP contribution is -2.39. The SMILES string of the molecule is NCN1CCC(O)CC1. The Kier molecular flexibility index (Phi) is 2.45. The van der Waals surface area contributed by atoms with Gasteiger partial charge in [0.15, 0.2) is 0 Å². The molecule has 3 nitrogen and oxygen atoms in total. The molecule has 1 rings (SSSR count). The van der Waals surface area contributed by atoms with Gasteiger partial charge in [0.25, 0.3) is 0 Å². The smallest absolute Gasteiger partial charge is 0.0564 e. The van der Waals surface area contributed by atoms with Crippen LogP contribution in [0.15, 0.2) is 0 Å². The van der Waals surface area contributed by atoms with E-state index in [-0.39, 0.29) is 6.10 Å². The molecule has 0 atom stereocenters. The van der Waals surface area contributed by atoms with Crippen LogP contribution >= 0.6 is 0 Å². The summed E-state index contributed by atoms with van der Waals surface area (Å²) >= 11 is 0. The number of nitrogens with zero attached hydrogens (tertiary/aromatic N) is 1. The standard InChI is InChI=1S/C6H14N2O/c7-5-8-3-1-6(9)2-4-8/h6,9H,1-5,7H2. The fourth-order valence-corrected chi connectivity index (χ4v) is 1.10. The van der Waals surface area contributed by atoms with Crippen LogP contribution in [0, 0.1) is 0 Å². The van der Waals surface area contributed by atoms with Gasteiger partial charge in [-0.2, -0.15) is 0 Å². The highest BCUT2D eigenvalue weighted by Gasteiger charge is 2.14. The predicted molar refractivity (Wildman–Crippen MR) is 35.9 cm³/mol. The Balaban J connectivity index is 2.18. The fourth-order valence-electron chi connectivity index (χ4n) is 1.10. The maximum absolute atomic E-state index is 9.05. The molecule has 0 aromatic rings. The zero-order chi connectivity index (χ0) is 6.69. The Bertz CT molecular complexity index is 79.1. The average Bonchev–Trinajstić information content (AvgIpc) is 1.90. The third-order valence-electron chi connectivity index (χ3n) is 1.82.